The molecule has 1 heterocycles. The number of amides is 2. The summed E-state index contributed by atoms with van der Waals surface area (Å²) in [5, 5.41) is 9.52. The number of H-pyrrole nitrogens is 1. The van der Waals surface area contributed by atoms with E-state index < -0.39 is 34.1 Å². The normalized spacial score (nSPS) is 13.0. The number of carboxylic acids is 1. The number of hydrogen-bond donors (Lipinski definition) is 2. The SMILES string of the molecule is CCCCCCCC(CCCC)OC(=O)N(C(=O)C(Cl)(Sc1nc2ccc(C(=O)O)cc2[nH]1)C(=O)c1ccc(OC)cc1)c1ccccc1. The number of ketones is 1. The van der Waals surface area contributed by atoms with Crippen LogP contribution in [0.15, 0.2) is 78.0 Å². The molecule has 4 aromatic rings. The molecule has 0 aliphatic carbocycles. The van der Waals surface area contributed by atoms with Gasteiger partial charge in [-0.05, 0) is 85.6 Å². The zero-order valence-electron chi connectivity index (χ0n) is 27.9. The Kier molecular flexibility index (Phi) is 13.7. The molecule has 10 nitrogen and oxygen atoms in total. The van der Waals surface area contributed by atoms with Gasteiger partial charge in [-0.25, -0.2) is 19.5 Å². The number of unbranched alkanes of at least 4 members (excludes halogenated alkanes) is 5. The van der Waals surface area contributed by atoms with Crippen LogP contribution in [-0.4, -0.2) is 56.2 Å². The summed E-state index contributed by atoms with van der Waals surface area (Å²) in [6.45, 7) is 4.21. The van der Waals surface area contributed by atoms with E-state index in [2.05, 4.69) is 23.8 Å². The molecule has 0 saturated heterocycles. The second kappa shape index (κ2) is 17.9. The predicted octanol–water partition coefficient (Wildman–Crippen LogP) is 9.27. The number of benzene rings is 3. The first kappa shape index (κ1) is 37.5. The number of nitrogens with zero attached hydrogens (tertiary/aromatic N) is 2. The maximum absolute atomic E-state index is 14.7. The Balaban J connectivity index is 1.74. The first-order valence-electron chi connectivity index (χ1n) is 16.5. The van der Waals surface area contributed by atoms with E-state index in [0.717, 1.165) is 49.8 Å². The predicted molar refractivity (Wildman–Crippen MR) is 192 cm³/mol. The lowest BCUT2D eigenvalue weighted by molar-refractivity contribution is -0.117. The Morgan fingerprint density at radius 2 is 1.55 bits per heavy atom. The van der Waals surface area contributed by atoms with E-state index in [4.69, 9.17) is 21.1 Å². The van der Waals surface area contributed by atoms with Crippen LogP contribution in [0, 0.1) is 0 Å². The number of methoxy groups -OCH3 is 1. The summed E-state index contributed by atoms with van der Waals surface area (Å²) < 4.78 is 8.82. The molecule has 0 spiro atoms. The average molecular weight is 708 g/mol. The largest absolute Gasteiger partial charge is 0.497 e. The maximum Gasteiger partial charge on any atom is 0.421 e. The molecule has 0 bridgehead atoms. The standard InChI is InChI=1S/C37H42ClN3O7S/c1-4-6-8-9-13-17-29(16-7-5-2)48-36(46)41(27-14-11-10-12-15-27)34(45)37(38,32(42)25-18-21-28(47-3)22-19-25)49-35-39-30-23-20-26(33(43)44)24-31(30)40-35/h10-12,14-15,18-24,29H,4-9,13,16-17H2,1-3H3,(H,39,40)(H,43,44). The van der Waals surface area contributed by atoms with Gasteiger partial charge in [-0.1, -0.05) is 82.2 Å². The van der Waals surface area contributed by atoms with E-state index in [0.29, 0.717) is 41.4 Å². The van der Waals surface area contributed by atoms with Crippen LogP contribution in [0.2, 0.25) is 0 Å². The molecule has 0 aliphatic heterocycles. The number of carbonyl (C=O) groups excluding carboxylic acids is 3. The zero-order valence-corrected chi connectivity index (χ0v) is 29.5. The molecule has 0 saturated carbocycles. The van der Waals surface area contributed by atoms with Crippen molar-refractivity contribution in [1.82, 2.24) is 9.97 Å². The van der Waals surface area contributed by atoms with Crippen LogP contribution < -0.4 is 9.64 Å². The minimum absolute atomic E-state index is 0.0243. The fraction of sp³-hybridized carbons (Fsp3) is 0.378. The summed E-state index contributed by atoms with van der Waals surface area (Å²) in [6.07, 6.45) is 6.91. The molecule has 2 atom stereocenters. The number of imide groups is 1. The maximum atomic E-state index is 14.7. The van der Waals surface area contributed by atoms with Crippen LogP contribution in [0.1, 0.15) is 92.4 Å². The minimum atomic E-state index is -2.45. The first-order valence-corrected chi connectivity index (χ1v) is 17.7. The molecule has 12 heteroatoms. The van der Waals surface area contributed by atoms with Crippen molar-refractivity contribution >= 4 is 63.8 Å². The van der Waals surface area contributed by atoms with E-state index in [1.165, 1.54) is 37.4 Å². The second-order valence-corrected chi connectivity index (χ2v) is 13.7. The summed E-state index contributed by atoms with van der Waals surface area (Å²) in [5.74, 6) is -2.48. The first-order chi connectivity index (χ1) is 23.6. The molecular formula is C37H42ClN3O7S. The van der Waals surface area contributed by atoms with Crippen molar-refractivity contribution in [3.05, 3.63) is 83.9 Å². The van der Waals surface area contributed by atoms with Crippen LogP contribution in [0.5, 0.6) is 5.75 Å². The van der Waals surface area contributed by atoms with E-state index in [9.17, 15) is 24.3 Å². The molecule has 1 aromatic heterocycles. The van der Waals surface area contributed by atoms with Gasteiger partial charge < -0.3 is 19.6 Å². The second-order valence-electron chi connectivity index (χ2n) is 11.7. The number of anilines is 1. The van der Waals surface area contributed by atoms with Crippen LogP contribution in [0.4, 0.5) is 10.5 Å². The number of para-hydroxylation sites is 1. The van der Waals surface area contributed by atoms with E-state index in [1.54, 1.807) is 42.5 Å². The topological polar surface area (TPSA) is 139 Å². The van der Waals surface area contributed by atoms with Gasteiger partial charge in [0.05, 0.1) is 29.4 Å². The fourth-order valence-corrected chi connectivity index (χ4v) is 6.68. The quantitative estimate of drug-likeness (QED) is 0.0340. The number of halogens is 1. The summed E-state index contributed by atoms with van der Waals surface area (Å²) in [5.41, 5.74) is 1.06. The summed E-state index contributed by atoms with van der Waals surface area (Å²) in [6, 6.07) is 18.6. The summed E-state index contributed by atoms with van der Waals surface area (Å²) in [7, 11) is 1.49. The number of aromatic nitrogens is 2. The number of rotatable bonds is 18. The number of carbonyl (C=O) groups is 4. The lowest BCUT2D eigenvalue weighted by atomic mass is 10.0. The number of fused-ring (bicyclic) bond motifs is 1. The highest BCUT2D eigenvalue weighted by atomic mass is 35.5. The van der Waals surface area contributed by atoms with Gasteiger partial charge >= 0.3 is 12.1 Å². The smallest absolute Gasteiger partial charge is 0.421 e. The molecule has 0 aliphatic rings. The Morgan fingerprint density at radius 3 is 2.20 bits per heavy atom. The van der Waals surface area contributed by atoms with Crippen molar-refractivity contribution < 1.29 is 33.8 Å². The number of ether oxygens (including phenoxy) is 2. The third-order valence-corrected chi connectivity index (χ3v) is 9.63. The van der Waals surface area contributed by atoms with Gasteiger partial charge in [0.15, 0.2) is 5.16 Å². The van der Waals surface area contributed by atoms with Crippen molar-refractivity contribution in [3.63, 3.8) is 0 Å². The van der Waals surface area contributed by atoms with Gasteiger partial charge in [0, 0.05) is 5.56 Å². The van der Waals surface area contributed by atoms with Gasteiger partial charge in [0.2, 0.25) is 9.99 Å². The van der Waals surface area contributed by atoms with Crippen molar-refractivity contribution in [2.45, 2.75) is 87.1 Å². The molecule has 2 N–H and O–H groups in total. The highest BCUT2D eigenvalue weighted by Crippen LogP contribution is 2.42. The number of nitrogens with one attached hydrogen (secondary N) is 1. The highest BCUT2D eigenvalue weighted by molar-refractivity contribution is 8.03. The number of alkyl halides is 1. The third kappa shape index (κ3) is 9.64. The summed E-state index contributed by atoms with van der Waals surface area (Å²) >= 11 is 7.78. The molecule has 2 amide bonds. The molecule has 0 fully saturated rings. The third-order valence-electron chi connectivity index (χ3n) is 8.04. The molecule has 260 valence electrons. The lowest BCUT2D eigenvalue weighted by Crippen LogP contribution is -2.51. The van der Waals surface area contributed by atoms with E-state index in [-0.39, 0.29) is 22.0 Å². The highest BCUT2D eigenvalue weighted by Gasteiger charge is 2.51. The number of thioether (sulfide) groups is 1. The number of Topliss-reactive ketones (excluding diaryl/α,β-unsaturated/α-hetero) is 1. The minimum Gasteiger partial charge on any atom is -0.497 e. The Labute approximate surface area is 295 Å². The number of aromatic amines is 1. The van der Waals surface area contributed by atoms with Gasteiger partial charge in [0.25, 0.3) is 5.91 Å². The zero-order chi connectivity index (χ0) is 35.4. The van der Waals surface area contributed by atoms with E-state index in [1.807, 2.05) is 0 Å². The van der Waals surface area contributed by atoms with Gasteiger partial charge in [-0.15, -0.1) is 0 Å². The fourth-order valence-electron chi connectivity index (χ4n) is 5.31. The monoisotopic (exact) mass is 707 g/mol. The van der Waals surface area contributed by atoms with Crippen LogP contribution >= 0.6 is 23.4 Å². The summed E-state index contributed by atoms with van der Waals surface area (Å²) in [4.78, 5) is 63.0. The Morgan fingerprint density at radius 1 is 0.898 bits per heavy atom. The number of imidazole rings is 1. The van der Waals surface area contributed by atoms with Crippen LogP contribution in [0.25, 0.3) is 11.0 Å². The van der Waals surface area contributed by atoms with Crippen LogP contribution in [0.3, 0.4) is 0 Å². The molecule has 3 aromatic carbocycles. The number of hydrogen-bond acceptors (Lipinski definition) is 8. The molecular weight excluding hydrogens is 666 g/mol. The van der Waals surface area contributed by atoms with Crippen molar-refractivity contribution in [1.29, 1.82) is 0 Å². The van der Waals surface area contributed by atoms with Crippen molar-refractivity contribution in [2.75, 3.05) is 12.0 Å². The van der Waals surface area contributed by atoms with Gasteiger partial charge in [-0.3, -0.25) is 9.59 Å². The van der Waals surface area contributed by atoms with E-state index >= 15 is 0 Å². The van der Waals surface area contributed by atoms with Gasteiger partial charge in [-0.2, -0.15) is 0 Å². The molecule has 4 rings (SSSR count). The molecule has 2 unspecified atom stereocenters. The average Bonchev–Trinajstić information content (AvgIpc) is 3.51. The van der Waals surface area contributed by atoms with Crippen molar-refractivity contribution in [2.24, 2.45) is 0 Å². The Bertz CT molecular complexity index is 1730. The molecule has 0 radical (unpaired) electrons. The van der Waals surface area contributed by atoms with Gasteiger partial charge in [0.1, 0.15) is 11.9 Å². The molecule has 49 heavy (non-hydrogen) atoms. The van der Waals surface area contributed by atoms with Crippen LogP contribution in [-0.2, 0) is 9.53 Å². The lowest BCUT2D eigenvalue weighted by Gasteiger charge is -2.30. The Hall–Kier alpha value is -4.35. The number of aromatic carboxylic acids is 1. The van der Waals surface area contributed by atoms with Crippen molar-refractivity contribution in [3.8, 4) is 5.75 Å². The number of carboxylic acid groups (broad SMARTS) is 1.